The first-order valence-electron chi connectivity index (χ1n) is 6.42. The molecule has 6 heteroatoms. The van der Waals surface area contributed by atoms with Gasteiger partial charge in [-0.15, -0.1) is 0 Å². The number of hydrogen-bond donors (Lipinski definition) is 2. The van der Waals surface area contributed by atoms with E-state index in [1.54, 1.807) is 6.07 Å². The maximum absolute atomic E-state index is 6.04. The van der Waals surface area contributed by atoms with E-state index in [9.17, 15) is 0 Å². The van der Waals surface area contributed by atoms with E-state index in [0.29, 0.717) is 11.0 Å². The van der Waals surface area contributed by atoms with Crippen LogP contribution in [0.5, 0.6) is 0 Å². The molecular formula is C15H14ClN5. The Bertz CT molecular complexity index is 776. The number of aromatic nitrogens is 2. The Balaban J connectivity index is 2.21. The predicted octanol–water partition coefficient (Wildman–Crippen LogP) is 3.34. The van der Waals surface area contributed by atoms with Crippen LogP contribution < -0.4 is 16.2 Å². The summed E-state index contributed by atoms with van der Waals surface area (Å²) in [6.07, 6.45) is 0. The van der Waals surface area contributed by atoms with Gasteiger partial charge in [0.15, 0.2) is 0 Å². The van der Waals surface area contributed by atoms with Gasteiger partial charge in [0.2, 0.25) is 5.95 Å². The second kappa shape index (κ2) is 5.55. The molecule has 3 aromatic rings. The van der Waals surface area contributed by atoms with E-state index in [4.69, 9.17) is 17.4 Å². The molecule has 3 N–H and O–H groups in total. The van der Waals surface area contributed by atoms with Gasteiger partial charge in [0, 0.05) is 23.1 Å². The van der Waals surface area contributed by atoms with Crippen molar-refractivity contribution in [2.75, 3.05) is 17.4 Å². The average Bonchev–Trinajstić information content (AvgIpc) is 2.53. The topological polar surface area (TPSA) is 67.1 Å². The summed E-state index contributed by atoms with van der Waals surface area (Å²) in [6, 6.07) is 15.5. The highest BCUT2D eigenvalue weighted by Gasteiger charge is 2.13. The number of rotatable bonds is 3. The van der Waals surface area contributed by atoms with E-state index < -0.39 is 0 Å². The SMILES string of the molecule is CN(c1ccccc1)c1nc(NN)nc2cc(Cl)ccc12. The molecule has 0 aliphatic carbocycles. The van der Waals surface area contributed by atoms with E-state index in [0.717, 1.165) is 22.4 Å². The lowest BCUT2D eigenvalue weighted by atomic mass is 10.2. The minimum Gasteiger partial charge on any atom is -0.329 e. The molecule has 2 aromatic carbocycles. The van der Waals surface area contributed by atoms with Gasteiger partial charge in [0.05, 0.1) is 5.52 Å². The van der Waals surface area contributed by atoms with Crippen molar-refractivity contribution < 1.29 is 0 Å². The number of benzene rings is 2. The number of halogens is 1. The van der Waals surface area contributed by atoms with Crippen LogP contribution in [-0.2, 0) is 0 Å². The Morgan fingerprint density at radius 1 is 1.10 bits per heavy atom. The third kappa shape index (κ3) is 2.61. The maximum atomic E-state index is 6.04. The summed E-state index contributed by atoms with van der Waals surface area (Å²) in [5, 5.41) is 1.53. The third-order valence-corrected chi connectivity index (χ3v) is 3.46. The van der Waals surface area contributed by atoms with Crippen LogP contribution in [0.2, 0.25) is 5.02 Å². The number of nitrogen functional groups attached to an aromatic ring is 1. The van der Waals surface area contributed by atoms with Crippen molar-refractivity contribution in [3.05, 3.63) is 53.6 Å². The lowest BCUT2D eigenvalue weighted by Crippen LogP contribution is -2.16. The maximum Gasteiger partial charge on any atom is 0.239 e. The second-order valence-corrected chi connectivity index (χ2v) is 5.01. The molecule has 1 aromatic heterocycles. The highest BCUT2D eigenvalue weighted by atomic mass is 35.5. The van der Waals surface area contributed by atoms with Crippen LogP contribution in [0.1, 0.15) is 0 Å². The first-order valence-corrected chi connectivity index (χ1v) is 6.79. The van der Waals surface area contributed by atoms with Crippen molar-refractivity contribution >= 4 is 40.0 Å². The Hall–Kier alpha value is -2.37. The fourth-order valence-electron chi connectivity index (χ4n) is 2.18. The zero-order valence-corrected chi connectivity index (χ0v) is 12.2. The van der Waals surface area contributed by atoms with E-state index in [-0.39, 0.29) is 0 Å². The number of hydrogen-bond acceptors (Lipinski definition) is 5. The Morgan fingerprint density at radius 2 is 1.86 bits per heavy atom. The molecule has 1 heterocycles. The predicted molar refractivity (Wildman–Crippen MR) is 86.9 cm³/mol. The molecule has 0 spiro atoms. The molecule has 21 heavy (non-hydrogen) atoms. The van der Waals surface area contributed by atoms with Crippen LogP contribution >= 0.6 is 11.6 Å². The molecule has 0 aliphatic rings. The molecule has 3 rings (SSSR count). The van der Waals surface area contributed by atoms with Gasteiger partial charge in [0.1, 0.15) is 5.82 Å². The molecule has 0 saturated heterocycles. The molecule has 5 nitrogen and oxygen atoms in total. The van der Waals surface area contributed by atoms with Crippen LogP contribution in [0.4, 0.5) is 17.5 Å². The fourth-order valence-corrected chi connectivity index (χ4v) is 2.35. The fraction of sp³-hybridized carbons (Fsp3) is 0.0667. The highest BCUT2D eigenvalue weighted by molar-refractivity contribution is 6.31. The van der Waals surface area contributed by atoms with E-state index in [2.05, 4.69) is 15.4 Å². The quantitative estimate of drug-likeness (QED) is 0.573. The summed E-state index contributed by atoms with van der Waals surface area (Å²) in [4.78, 5) is 10.8. The van der Waals surface area contributed by atoms with E-state index in [1.807, 2.05) is 54.4 Å². The standard InChI is InChI=1S/C15H14ClN5/c1-21(11-5-3-2-4-6-11)14-12-8-7-10(16)9-13(12)18-15(19-14)20-17/h2-9H,17H2,1H3,(H,18,19,20). The van der Waals surface area contributed by atoms with E-state index in [1.165, 1.54) is 0 Å². The van der Waals surface area contributed by atoms with Gasteiger partial charge in [-0.2, -0.15) is 4.98 Å². The number of hydrazine groups is 1. The van der Waals surface area contributed by atoms with Crippen LogP contribution in [0.25, 0.3) is 10.9 Å². The third-order valence-electron chi connectivity index (χ3n) is 3.23. The molecule has 0 radical (unpaired) electrons. The first kappa shape index (κ1) is 13.6. The molecule has 0 atom stereocenters. The minimum absolute atomic E-state index is 0.350. The van der Waals surface area contributed by atoms with Gasteiger partial charge < -0.3 is 4.90 Å². The Labute approximate surface area is 127 Å². The number of anilines is 3. The van der Waals surface area contributed by atoms with Crippen molar-refractivity contribution in [1.82, 2.24) is 9.97 Å². The second-order valence-electron chi connectivity index (χ2n) is 4.57. The normalized spacial score (nSPS) is 10.6. The summed E-state index contributed by atoms with van der Waals surface area (Å²) < 4.78 is 0. The number of nitrogens with two attached hydrogens (primary N) is 1. The van der Waals surface area contributed by atoms with Crippen molar-refractivity contribution in [3.8, 4) is 0 Å². The van der Waals surface area contributed by atoms with Crippen molar-refractivity contribution in [1.29, 1.82) is 0 Å². The van der Waals surface area contributed by atoms with Gasteiger partial charge in [-0.3, -0.25) is 5.43 Å². The molecular weight excluding hydrogens is 286 g/mol. The summed E-state index contributed by atoms with van der Waals surface area (Å²) in [5.41, 5.74) is 4.26. The highest BCUT2D eigenvalue weighted by Crippen LogP contribution is 2.30. The zero-order chi connectivity index (χ0) is 14.8. The first-order chi connectivity index (χ1) is 10.2. The number of fused-ring (bicyclic) bond motifs is 1. The van der Waals surface area contributed by atoms with Crippen LogP contribution in [0, 0.1) is 0 Å². The Morgan fingerprint density at radius 3 is 2.57 bits per heavy atom. The molecule has 106 valence electrons. The molecule has 0 aliphatic heterocycles. The summed E-state index contributed by atoms with van der Waals surface area (Å²) in [6.45, 7) is 0. The monoisotopic (exact) mass is 299 g/mol. The molecule has 0 saturated carbocycles. The lowest BCUT2D eigenvalue weighted by Gasteiger charge is -2.20. The number of nitrogens with zero attached hydrogens (tertiary/aromatic N) is 3. The van der Waals surface area contributed by atoms with Crippen LogP contribution in [-0.4, -0.2) is 17.0 Å². The van der Waals surface area contributed by atoms with Gasteiger partial charge in [0.25, 0.3) is 0 Å². The van der Waals surface area contributed by atoms with Crippen molar-refractivity contribution in [2.45, 2.75) is 0 Å². The van der Waals surface area contributed by atoms with Crippen LogP contribution in [0.3, 0.4) is 0 Å². The largest absolute Gasteiger partial charge is 0.329 e. The minimum atomic E-state index is 0.350. The Kier molecular flexibility index (Phi) is 3.60. The van der Waals surface area contributed by atoms with Gasteiger partial charge in [-0.1, -0.05) is 29.8 Å². The number of nitrogens with one attached hydrogen (secondary N) is 1. The van der Waals surface area contributed by atoms with Gasteiger partial charge in [-0.25, -0.2) is 10.8 Å². The molecule has 0 unspecified atom stereocenters. The summed E-state index contributed by atoms with van der Waals surface area (Å²) in [7, 11) is 1.95. The summed E-state index contributed by atoms with van der Waals surface area (Å²) >= 11 is 6.04. The number of para-hydroxylation sites is 1. The van der Waals surface area contributed by atoms with Gasteiger partial charge in [-0.05, 0) is 30.3 Å². The lowest BCUT2D eigenvalue weighted by molar-refractivity contribution is 1.09. The van der Waals surface area contributed by atoms with Gasteiger partial charge >= 0.3 is 0 Å². The smallest absolute Gasteiger partial charge is 0.239 e. The average molecular weight is 300 g/mol. The summed E-state index contributed by atoms with van der Waals surface area (Å²) in [5.74, 6) is 6.57. The molecule has 0 fully saturated rings. The molecule has 0 amide bonds. The van der Waals surface area contributed by atoms with Crippen molar-refractivity contribution in [3.63, 3.8) is 0 Å². The van der Waals surface area contributed by atoms with E-state index >= 15 is 0 Å². The molecule has 0 bridgehead atoms. The zero-order valence-electron chi connectivity index (χ0n) is 11.4. The van der Waals surface area contributed by atoms with Crippen molar-refractivity contribution in [2.24, 2.45) is 5.84 Å². The van der Waals surface area contributed by atoms with Crippen LogP contribution in [0.15, 0.2) is 48.5 Å².